The van der Waals surface area contributed by atoms with E-state index < -0.39 is 61.5 Å². The van der Waals surface area contributed by atoms with Gasteiger partial charge >= 0.3 is 0 Å². The average Bonchev–Trinajstić information content (AvgIpc) is 3.28. The van der Waals surface area contributed by atoms with Gasteiger partial charge in [-0.2, -0.15) is 0 Å². The molecule has 1 rings (SSSR count). The first-order valence-electron chi connectivity index (χ1n) is 26.0. The van der Waals surface area contributed by atoms with E-state index in [2.05, 4.69) is 55.6 Å². The van der Waals surface area contributed by atoms with Gasteiger partial charge in [0.05, 0.1) is 25.4 Å². The molecular formula is C53H97NO9. The lowest BCUT2D eigenvalue weighted by atomic mass is 9.99. The molecule has 1 amide bonds. The maximum Gasteiger partial charge on any atom is 0.249 e. The quantitative estimate of drug-likeness (QED) is 0.0233. The lowest BCUT2D eigenvalue weighted by molar-refractivity contribution is -0.302. The predicted octanol–water partition coefficient (Wildman–Crippen LogP) is 10.8. The molecule has 10 nitrogen and oxygen atoms in total. The highest BCUT2D eigenvalue weighted by atomic mass is 16.7. The molecule has 8 unspecified atom stereocenters. The van der Waals surface area contributed by atoms with Crippen LogP contribution in [-0.4, -0.2) is 98.7 Å². The van der Waals surface area contributed by atoms with Crippen LogP contribution in [0.25, 0.3) is 0 Å². The van der Waals surface area contributed by atoms with E-state index in [0.717, 1.165) is 51.4 Å². The number of carbonyl (C=O) groups excluding carboxylic acids is 1. The molecule has 0 aliphatic carbocycles. The fourth-order valence-corrected chi connectivity index (χ4v) is 7.96. The average molecular weight is 892 g/mol. The minimum absolute atomic E-state index is 0.299. The molecule has 8 atom stereocenters. The summed E-state index contributed by atoms with van der Waals surface area (Å²) in [6, 6.07) is -1.00. The van der Waals surface area contributed by atoms with E-state index in [0.29, 0.717) is 19.3 Å². The number of hydrogen-bond donors (Lipinski definition) is 7. The van der Waals surface area contributed by atoms with Gasteiger partial charge in [0.1, 0.15) is 30.5 Å². The predicted molar refractivity (Wildman–Crippen MR) is 259 cm³/mol. The van der Waals surface area contributed by atoms with Crippen molar-refractivity contribution in [2.75, 3.05) is 13.2 Å². The van der Waals surface area contributed by atoms with Crippen LogP contribution in [0.15, 0.2) is 48.6 Å². The van der Waals surface area contributed by atoms with Crippen molar-refractivity contribution in [2.24, 2.45) is 0 Å². The number of carbonyl (C=O) groups is 1. The van der Waals surface area contributed by atoms with Gasteiger partial charge in [0.2, 0.25) is 5.91 Å². The zero-order chi connectivity index (χ0) is 46.0. The number of unbranched alkanes of at least 4 members (excludes halogenated alkanes) is 26. The number of hydrogen-bond acceptors (Lipinski definition) is 9. The molecule has 1 heterocycles. The van der Waals surface area contributed by atoms with E-state index >= 15 is 0 Å². The van der Waals surface area contributed by atoms with Gasteiger partial charge in [-0.15, -0.1) is 0 Å². The first kappa shape index (κ1) is 59.1. The Bertz CT molecular complexity index is 1140. The molecule has 0 saturated carbocycles. The Balaban J connectivity index is 2.24. The Morgan fingerprint density at radius 3 is 1.44 bits per heavy atom. The summed E-state index contributed by atoms with van der Waals surface area (Å²) in [4.78, 5) is 13.0. The van der Waals surface area contributed by atoms with Gasteiger partial charge < -0.3 is 45.4 Å². The Kier molecular flexibility index (Phi) is 40.1. The molecule has 10 heteroatoms. The van der Waals surface area contributed by atoms with Crippen molar-refractivity contribution in [1.29, 1.82) is 0 Å². The van der Waals surface area contributed by atoms with E-state index in [4.69, 9.17) is 9.47 Å². The van der Waals surface area contributed by atoms with E-state index in [1.807, 2.05) is 6.08 Å². The molecular weight excluding hydrogens is 795 g/mol. The molecule has 1 aliphatic rings. The van der Waals surface area contributed by atoms with Crippen molar-refractivity contribution in [3.05, 3.63) is 48.6 Å². The van der Waals surface area contributed by atoms with Gasteiger partial charge in [-0.05, 0) is 64.2 Å². The minimum Gasteiger partial charge on any atom is -0.394 e. The first-order chi connectivity index (χ1) is 30.8. The Morgan fingerprint density at radius 1 is 0.540 bits per heavy atom. The monoisotopic (exact) mass is 892 g/mol. The van der Waals surface area contributed by atoms with Gasteiger partial charge in [-0.3, -0.25) is 4.79 Å². The summed E-state index contributed by atoms with van der Waals surface area (Å²) in [5.74, 6) is -0.633. The summed E-state index contributed by atoms with van der Waals surface area (Å²) in [5.41, 5.74) is 0. The highest BCUT2D eigenvalue weighted by Gasteiger charge is 2.44. The second-order valence-electron chi connectivity index (χ2n) is 18.1. The smallest absolute Gasteiger partial charge is 0.249 e. The highest BCUT2D eigenvalue weighted by Crippen LogP contribution is 2.23. The summed E-state index contributed by atoms with van der Waals surface area (Å²) >= 11 is 0. The maximum atomic E-state index is 13.0. The van der Waals surface area contributed by atoms with Gasteiger partial charge in [0.15, 0.2) is 6.29 Å². The van der Waals surface area contributed by atoms with Gasteiger partial charge in [-0.25, -0.2) is 0 Å². The Hall–Kier alpha value is -1.89. The van der Waals surface area contributed by atoms with Crippen molar-refractivity contribution in [3.63, 3.8) is 0 Å². The zero-order valence-electron chi connectivity index (χ0n) is 40.2. The molecule has 1 saturated heterocycles. The van der Waals surface area contributed by atoms with Gasteiger partial charge in [0, 0.05) is 0 Å². The van der Waals surface area contributed by atoms with Crippen LogP contribution >= 0.6 is 0 Å². The van der Waals surface area contributed by atoms with Gasteiger partial charge in [0.25, 0.3) is 0 Å². The molecule has 1 aliphatic heterocycles. The molecule has 0 spiro atoms. The standard InChI is InChI=1S/C53H97NO9/c1-3-5-7-9-11-13-15-16-17-18-19-20-21-22-23-24-25-26-27-28-29-30-32-34-36-38-40-42-47(57)52(61)54-45(44-62-53-51(60)50(59)49(58)48(43-55)63-53)46(56)41-39-37-35-33-31-14-12-10-8-6-4-2/h8,10,22-23,31,33,39,41,45-51,53,55-60H,3-7,9,11-21,24-30,32,34-38,40,42-44H2,1-2H3,(H,54,61)/b10-8+,23-22-,33-31+,41-39+. The Morgan fingerprint density at radius 2 is 0.968 bits per heavy atom. The van der Waals surface area contributed by atoms with Crippen LogP contribution in [0.3, 0.4) is 0 Å². The second kappa shape index (κ2) is 42.7. The largest absolute Gasteiger partial charge is 0.394 e. The molecule has 368 valence electrons. The van der Waals surface area contributed by atoms with E-state index in [1.165, 1.54) is 135 Å². The lowest BCUT2D eigenvalue weighted by Crippen LogP contribution is -2.60. The van der Waals surface area contributed by atoms with Crippen LogP contribution in [0.2, 0.25) is 0 Å². The van der Waals surface area contributed by atoms with Crippen molar-refractivity contribution in [2.45, 2.75) is 268 Å². The van der Waals surface area contributed by atoms with Crippen molar-refractivity contribution in [3.8, 4) is 0 Å². The van der Waals surface area contributed by atoms with Gasteiger partial charge in [-0.1, -0.05) is 204 Å². The number of aliphatic hydroxyl groups is 6. The Labute approximate surface area is 385 Å². The summed E-state index contributed by atoms with van der Waals surface area (Å²) < 4.78 is 11.1. The molecule has 7 N–H and O–H groups in total. The number of aliphatic hydroxyl groups excluding tert-OH is 6. The first-order valence-corrected chi connectivity index (χ1v) is 26.0. The molecule has 0 aromatic heterocycles. The van der Waals surface area contributed by atoms with E-state index in [1.54, 1.807) is 6.08 Å². The maximum absolute atomic E-state index is 13.0. The highest BCUT2D eigenvalue weighted by molar-refractivity contribution is 5.80. The van der Waals surface area contributed by atoms with Crippen molar-refractivity contribution >= 4 is 5.91 Å². The third kappa shape index (κ3) is 32.4. The lowest BCUT2D eigenvalue weighted by Gasteiger charge is -2.40. The minimum atomic E-state index is -1.62. The third-order valence-electron chi connectivity index (χ3n) is 12.2. The third-order valence-corrected chi connectivity index (χ3v) is 12.2. The van der Waals surface area contributed by atoms with Crippen LogP contribution in [0.1, 0.15) is 219 Å². The molecule has 63 heavy (non-hydrogen) atoms. The van der Waals surface area contributed by atoms with E-state index in [9.17, 15) is 35.4 Å². The summed E-state index contributed by atoms with van der Waals surface area (Å²) in [5, 5.41) is 64.6. The van der Waals surface area contributed by atoms with E-state index in [-0.39, 0.29) is 6.61 Å². The normalized spacial score (nSPS) is 21.0. The number of amides is 1. The van der Waals surface area contributed by atoms with Crippen molar-refractivity contribution in [1.82, 2.24) is 5.32 Å². The van der Waals surface area contributed by atoms with Crippen molar-refractivity contribution < 1.29 is 44.9 Å². The second-order valence-corrected chi connectivity index (χ2v) is 18.1. The fourth-order valence-electron chi connectivity index (χ4n) is 7.96. The molecule has 0 aromatic rings. The van der Waals surface area contributed by atoms with Crippen LogP contribution in [0.5, 0.6) is 0 Å². The number of ether oxygens (including phenoxy) is 2. The molecule has 0 radical (unpaired) electrons. The summed E-state index contributed by atoms with van der Waals surface area (Å²) in [6.07, 6.45) is 45.2. The van der Waals surface area contributed by atoms with Crippen LogP contribution in [-0.2, 0) is 14.3 Å². The fraction of sp³-hybridized carbons (Fsp3) is 0.830. The topological polar surface area (TPSA) is 169 Å². The van der Waals surface area contributed by atoms with Crippen LogP contribution in [0, 0.1) is 0 Å². The molecule has 1 fully saturated rings. The molecule has 0 bridgehead atoms. The summed E-state index contributed by atoms with van der Waals surface area (Å²) in [7, 11) is 0. The van der Waals surface area contributed by atoms with Crippen LogP contribution < -0.4 is 5.32 Å². The molecule has 0 aromatic carbocycles. The zero-order valence-corrected chi connectivity index (χ0v) is 40.2. The number of nitrogens with one attached hydrogen (secondary N) is 1. The number of allylic oxidation sites excluding steroid dienone is 7. The summed E-state index contributed by atoms with van der Waals surface area (Å²) in [6.45, 7) is 3.51. The van der Waals surface area contributed by atoms with Crippen LogP contribution in [0.4, 0.5) is 0 Å². The SMILES string of the molecule is CCC/C=C/CC/C=C/CC/C=C/C(O)C(COC1OC(CO)C(O)C(O)C1O)NC(=O)C(O)CCCCCCCCCCCCC/C=C\CCCCCCCCCCCCCC. The number of rotatable bonds is 43.